The number of azide groups is 1. The van der Waals surface area contributed by atoms with E-state index in [4.69, 9.17) is 15.0 Å². The first-order valence-corrected chi connectivity index (χ1v) is 6.92. The summed E-state index contributed by atoms with van der Waals surface area (Å²) in [7, 11) is 0. The molecule has 0 unspecified atom stereocenters. The predicted octanol–water partition coefficient (Wildman–Crippen LogP) is -1.25. The third-order valence-corrected chi connectivity index (χ3v) is 3.47. The Bertz CT molecular complexity index is 782. The number of ether oxygens (including phenoxy) is 2. The van der Waals surface area contributed by atoms with Crippen LogP contribution in [0.2, 0.25) is 0 Å². The maximum absolute atomic E-state index is 11.8. The lowest BCUT2D eigenvalue weighted by molar-refractivity contribution is -0.165. The van der Waals surface area contributed by atoms with Gasteiger partial charge in [0.25, 0.3) is 5.56 Å². The molecule has 1 saturated heterocycles. The summed E-state index contributed by atoms with van der Waals surface area (Å²) in [6.07, 6.45) is -3.84. The largest absolute Gasteiger partial charge is 0.462 e. The number of carbonyl (C=O) groups excluding carboxylic acids is 1. The van der Waals surface area contributed by atoms with E-state index in [-0.39, 0.29) is 6.42 Å². The average molecular weight is 341 g/mol. The molecule has 1 aliphatic heterocycles. The van der Waals surface area contributed by atoms with Gasteiger partial charge >= 0.3 is 11.7 Å². The van der Waals surface area contributed by atoms with Gasteiger partial charge in [-0.3, -0.25) is 19.1 Å². The summed E-state index contributed by atoms with van der Waals surface area (Å²) in [5.74, 6) is -0.641. The third-order valence-electron chi connectivity index (χ3n) is 3.47. The zero-order valence-corrected chi connectivity index (χ0v) is 12.5. The van der Waals surface area contributed by atoms with Crippen LogP contribution in [0.5, 0.6) is 0 Å². The Kier molecular flexibility index (Phi) is 5.04. The van der Waals surface area contributed by atoms with Gasteiger partial charge in [0.15, 0.2) is 6.23 Å². The van der Waals surface area contributed by atoms with Crippen molar-refractivity contribution in [2.24, 2.45) is 5.11 Å². The fraction of sp³-hybridized carbons (Fsp3) is 0.583. The lowest BCUT2D eigenvalue weighted by atomic mass is 10.1. The van der Waals surface area contributed by atoms with Crippen LogP contribution in [0.15, 0.2) is 27.0 Å². The molecule has 0 aromatic carbocycles. The van der Waals surface area contributed by atoms with E-state index in [0.717, 1.165) is 16.8 Å². The summed E-state index contributed by atoms with van der Waals surface area (Å²) in [5.41, 5.74) is 5.02. The second-order valence-corrected chi connectivity index (χ2v) is 5.01. The molecule has 0 spiro atoms. The summed E-state index contributed by atoms with van der Waals surface area (Å²) in [4.78, 5) is 38.7. The number of nitrogens with zero attached hydrogens (tertiary/aromatic N) is 4. The fourth-order valence-corrected chi connectivity index (χ4v) is 2.21. The number of nitrogens with one attached hydrogen (secondary N) is 1. The van der Waals surface area contributed by atoms with Gasteiger partial charge in [-0.05, 0) is 5.53 Å². The van der Waals surface area contributed by atoms with Crippen LogP contribution in [0.25, 0.3) is 10.4 Å². The van der Waals surface area contributed by atoms with Gasteiger partial charge in [-0.1, -0.05) is 12.0 Å². The second-order valence-electron chi connectivity index (χ2n) is 5.01. The molecule has 4 atom stereocenters. The van der Waals surface area contributed by atoms with Crippen LogP contribution < -0.4 is 11.2 Å². The maximum atomic E-state index is 11.8. The molecule has 3 N–H and O–H groups in total. The fourth-order valence-electron chi connectivity index (χ4n) is 2.21. The molecule has 0 bridgehead atoms. The Morgan fingerprint density at radius 2 is 2.29 bits per heavy atom. The minimum absolute atomic E-state index is 0.0355. The van der Waals surface area contributed by atoms with Crippen LogP contribution in [0.4, 0.5) is 0 Å². The SMILES string of the molecule is CCC(=O)OC[C@@]1(N=[N+]=[N-])O[C@@H](n2ccc(=O)[nH]c2=O)[C@H](O)[C@@H]1O. The molecule has 130 valence electrons. The highest BCUT2D eigenvalue weighted by Gasteiger charge is 2.56. The molecule has 0 aliphatic carbocycles. The topological polar surface area (TPSA) is 180 Å². The molecule has 0 radical (unpaired) electrons. The van der Waals surface area contributed by atoms with Crippen LogP contribution in [0, 0.1) is 0 Å². The van der Waals surface area contributed by atoms with Crippen LogP contribution in [-0.2, 0) is 14.3 Å². The van der Waals surface area contributed by atoms with Crippen molar-refractivity contribution in [3.63, 3.8) is 0 Å². The number of aliphatic hydroxyl groups is 2. The minimum atomic E-state index is -2.11. The standard InChI is InChI=1S/C12H15N5O7/c1-2-7(19)23-5-12(15-16-13)9(21)8(20)10(24-12)17-4-3-6(18)14-11(17)22/h3-4,8-10,20-21H,2,5H2,1H3,(H,14,18,22)/t8-,9+,10-,12-/m1/s1. The number of aliphatic hydroxyl groups excluding tert-OH is 2. The molecule has 0 amide bonds. The van der Waals surface area contributed by atoms with E-state index in [0.29, 0.717) is 0 Å². The molecule has 1 fully saturated rings. The number of hydrogen-bond acceptors (Lipinski definition) is 8. The third kappa shape index (κ3) is 3.16. The second kappa shape index (κ2) is 6.84. The van der Waals surface area contributed by atoms with Crippen LogP contribution in [0.1, 0.15) is 19.6 Å². The summed E-state index contributed by atoms with van der Waals surface area (Å²) in [6.45, 7) is 0.878. The highest BCUT2D eigenvalue weighted by Crippen LogP contribution is 2.38. The van der Waals surface area contributed by atoms with Gasteiger partial charge in [-0.2, -0.15) is 0 Å². The molecule has 2 rings (SSSR count). The first-order valence-electron chi connectivity index (χ1n) is 6.92. The van der Waals surface area contributed by atoms with Crippen LogP contribution in [0.3, 0.4) is 0 Å². The molecule has 1 aromatic heterocycles. The van der Waals surface area contributed by atoms with Crippen molar-refractivity contribution in [3.8, 4) is 0 Å². The molecule has 2 heterocycles. The molecule has 12 nitrogen and oxygen atoms in total. The van der Waals surface area contributed by atoms with Crippen molar-refractivity contribution in [1.29, 1.82) is 0 Å². The van der Waals surface area contributed by atoms with Gasteiger partial charge in [-0.25, -0.2) is 4.79 Å². The Morgan fingerprint density at radius 3 is 2.88 bits per heavy atom. The Hall–Kier alpha value is -2.66. The van der Waals surface area contributed by atoms with Crippen molar-refractivity contribution in [2.45, 2.75) is 37.5 Å². The van der Waals surface area contributed by atoms with Gasteiger partial charge in [0.1, 0.15) is 18.8 Å². The van der Waals surface area contributed by atoms with E-state index >= 15 is 0 Å². The molecular weight excluding hydrogens is 326 g/mol. The van der Waals surface area contributed by atoms with E-state index in [2.05, 4.69) is 10.0 Å². The van der Waals surface area contributed by atoms with Gasteiger partial charge < -0.3 is 19.7 Å². The predicted molar refractivity (Wildman–Crippen MR) is 76.6 cm³/mol. The lowest BCUT2D eigenvalue weighted by Gasteiger charge is -2.25. The number of hydrogen-bond donors (Lipinski definition) is 3. The van der Waals surface area contributed by atoms with Gasteiger partial charge in [0.2, 0.25) is 5.72 Å². The monoisotopic (exact) mass is 341 g/mol. The van der Waals surface area contributed by atoms with E-state index in [9.17, 15) is 24.6 Å². The molecular formula is C12H15N5O7. The smallest absolute Gasteiger partial charge is 0.330 e. The summed E-state index contributed by atoms with van der Waals surface area (Å²) in [6, 6.07) is 1.01. The summed E-state index contributed by atoms with van der Waals surface area (Å²) < 4.78 is 11.0. The van der Waals surface area contributed by atoms with E-state index in [1.807, 2.05) is 4.98 Å². The van der Waals surface area contributed by atoms with Gasteiger partial charge in [-0.15, -0.1) is 0 Å². The zero-order valence-electron chi connectivity index (χ0n) is 12.5. The van der Waals surface area contributed by atoms with Crippen molar-refractivity contribution in [2.75, 3.05) is 6.61 Å². The van der Waals surface area contributed by atoms with Crippen molar-refractivity contribution in [3.05, 3.63) is 43.5 Å². The van der Waals surface area contributed by atoms with E-state index in [1.165, 1.54) is 6.92 Å². The van der Waals surface area contributed by atoms with E-state index in [1.54, 1.807) is 0 Å². The number of H-pyrrole nitrogens is 1. The minimum Gasteiger partial charge on any atom is -0.462 e. The highest BCUT2D eigenvalue weighted by molar-refractivity contribution is 5.68. The Morgan fingerprint density at radius 1 is 1.58 bits per heavy atom. The normalized spacial score (nSPS) is 29.0. The lowest BCUT2D eigenvalue weighted by Crippen LogP contribution is -2.45. The summed E-state index contributed by atoms with van der Waals surface area (Å²) in [5, 5.41) is 23.6. The van der Waals surface area contributed by atoms with Gasteiger partial charge in [0, 0.05) is 23.6 Å². The Labute approximate surface area is 133 Å². The first-order chi connectivity index (χ1) is 11.3. The van der Waals surface area contributed by atoms with Crippen LogP contribution >= 0.6 is 0 Å². The number of rotatable bonds is 5. The molecule has 0 saturated carbocycles. The first kappa shape index (κ1) is 17.7. The summed E-state index contributed by atoms with van der Waals surface area (Å²) >= 11 is 0. The highest BCUT2D eigenvalue weighted by atomic mass is 16.6. The molecule has 1 aromatic rings. The maximum Gasteiger partial charge on any atom is 0.330 e. The zero-order chi connectivity index (χ0) is 17.9. The Balaban J connectivity index is 2.38. The number of carbonyl (C=O) groups is 1. The van der Waals surface area contributed by atoms with Crippen molar-refractivity contribution >= 4 is 5.97 Å². The molecule has 12 heteroatoms. The number of aromatic amines is 1. The average Bonchev–Trinajstić information content (AvgIpc) is 2.79. The van der Waals surface area contributed by atoms with E-state index < -0.39 is 48.0 Å². The number of esters is 1. The number of aromatic nitrogens is 2. The van der Waals surface area contributed by atoms with Crippen molar-refractivity contribution < 1.29 is 24.5 Å². The molecule has 1 aliphatic rings. The van der Waals surface area contributed by atoms with Gasteiger partial charge in [0.05, 0.1) is 0 Å². The van der Waals surface area contributed by atoms with Crippen LogP contribution in [-0.4, -0.2) is 50.3 Å². The molecule has 24 heavy (non-hydrogen) atoms. The quantitative estimate of drug-likeness (QED) is 0.259. The van der Waals surface area contributed by atoms with Crippen molar-refractivity contribution in [1.82, 2.24) is 9.55 Å².